The van der Waals surface area contributed by atoms with E-state index in [1.54, 1.807) is 23.5 Å². The molecule has 0 aliphatic carbocycles. The Labute approximate surface area is 104 Å². The Hall–Kier alpha value is -0.650. The Bertz CT molecular complexity index is 409. The highest BCUT2D eigenvalue weighted by Gasteiger charge is 2.26. The molecule has 86 valence electrons. The van der Waals surface area contributed by atoms with E-state index in [1.165, 1.54) is 4.90 Å². The standard InChI is InChI=1S/C11H14N2OS2/c1-12-6-10-11(14)13-8-4-3-7(15-2)5-9(8)16-10/h3-5,10,12H,6H2,1-2H3,(H,13,14). The second-order valence-corrected chi connectivity index (χ2v) is 5.64. The van der Waals surface area contributed by atoms with Crippen LogP contribution >= 0.6 is 23.5 Å². The first-order chi connectivity index (χ1) is 7.74. The van der Waals surface area contributed by atoms with Gasteiger partial charge in [-0.1, -0.05) is 0 Å². The van der Waals surface area contributed by atoms with Gasteiger partial charge >= 0.3 is 0 Å². The lowest BCUT2D eigenvalue weighted by molar-refractivity contribution is -0.115. The van der Waals surface area contributed by atoms with E-state index in [2.05, 4.69) is 23.0 Å². The Balaban J connectivity index is 2.25. The third kappa shape index (κ3) is 2.36. The van der Waals surface area contributed by atoms with Crippen molar-refractivity contribution in [2.45, 2.75) is 15.0 Å². The van der Waals surface area contributed by atoms with Crippen molar-refractivity contribution in [1.29, 1.82) is 0 Å². The molecule has 1 aromatic rings. The predicted octanol–water partition coefficient (Wildman–Crippen LogP) is 2.04. The van der Waals surface area contributed by atoms with Crippen LogP contribution in [0.1, 0.15) is 0 Å². The largest absolute Gasteiger partial charge is 0.324 e. The van der Waals surface area contributed by atoms with Gasteiger partial charge < -0.3 is 10.6 Å². The lowest BCUT2D eigenvalue weighted by Crippen LogP contribution is -2.35. The van der Waals surface area contributed by atoms with Gasteiger partial charge in [0, 0.05) is 16.3 Å². The molecule has 1 atom stereocenters. The summed E-state index contributed by atoms with van der Waals surface area (Å²) in [6.07, 6.45) is 2.05. The van der Waals surface area contributed by atoms with Crippen molar-refractivity contribution in [2.75, 3.05) is 25.2 Å². The zero-order chi connectivity index (χ0) is 11.5. The molecular formula is C11H14N2OS2. The number of hydrogen-bond donors (Lipinski definition) is 2. The van der Waals surface area contributed by atoms with Crippen molar-refractivity contribution in [2.24, 2.45) is 0 Å². The van der Waals surface area contributed by atoms with Gasteiger partial charge in [-0.25, -0.2) is 0 Å². The van der Waals surface area contributed by atoms with Crippen LogP contribution in [0.2, 0.25) is 0 Å². The molecule has 2 rings (SSSR count). The van der Waals surface area contributed by atoms with Crippen molar-refractivity contribution >= 4 is 35.1 Å². The average Bonchev–Trinajstić information content (AvgIpc) is 2.30. The number of carbonyl (C=O) groups excluding carboxylic acids is 1. The summed E-state index contributed by atoms with van der Waals surface area (Å²) < 4.78 is 0. The van der Waals surface area contributed by atoms with E-state index in [4.69, 9.17) is 0 Å². The minimum absolute atomic E-state index is 0.0328. The third-order valence-corrected chi connectivity index (χ3v) is 4.38. The van der Waals surface area contributed by atoms with Crippen LogP contribution in [0.25, 0.3) is 0 Å². The summed E-state index contributed by atoms with van der Waals surface area (Å²) in [5.74, 6) is 0.0868. The molecule has 1 aromatic carbocycles. The number of benzene rings is 1. The average molecular weight is 254 g/mol. The number of fused-ring (bicyclic) bond motifs is 1. The van der Waals surface area contributed by atoms with Gasteiger partial charge in [0.15, 0.2) is 0 Å². The molecule has 16 heavy (non-hydrogen) atoms. The predicted molar refractivity (Wildman–Crippen MR) is 70.4 cm³/mol. The quantitative estimate of drug-likeness (QED) is 0.810. The zero-order valence-electron chi connectivity index (χ0n) is 9.24. The topological polar surface area (TPSA) is 41.1 Å². The van der Waals surface area contributed by atoms with Gasteiger partial charge in [0.25, 0.3) is 0 Å². The van der Waals surface area contributed by atoms with Crippen LogP contribution in [0.4, 0.5) is 5.69 Å². The normalized spacial score (nSPS) is 19.1. The minimum atomic E-state index is -0.0328. The Morgan fingerprint density at radius 3 is 3.06 bits per heavy atom. The van der Waals surface area contributed by atoms with E-state index in [0.29, 0.717) is 6.54 Å². The fourth-order valence-corrected chi connectivity index (χ4v) is 3.25. The smallest absolute Gasteiger partial charge is 0.239 e. The molecule has 2 N–H and O–H groups in total. The maximum Gasteiger partial charge on any atom is 0.239 e. The molecule has 3 nitrogen and oxygen atoms in total. The maximum atomic E-state index is 11.7. The molecule has 0 radical (unpaired) electrons. The number of carbonyl (C=O) groups is 1. The van der Waals surface area contributed by atoms with Crippen LogP contribution in [0.15, 0.2) is 28.0 Å². The van der Waals surface area contributed by atoms with E-state index in [1.807, 2.05) is 19.2 Å². The van der Waals surface area contributed by atoms with E-state index < -0.39 is 0 Å². The molecule has 0 saturated heterocycles. The highest BCUT2D eigenvalue weighted by atomic mass is 32.2. The molecule has 0 aromatic heterocycles. The second-order valence-electron chi connectivity index (χ2n) is 3.52. The SMILES string of the molecule is CNCC1Sc2cc(SC)ccc2NC1=O. The van der Waals surface area contributed by atoms with Crippen molar-refractivity contribution < 1.29 is 4.79 Å². The van der Waals surface area contributed by atoms with Gasteiger partial charge in [-0.3, -0.25) is 4.79 Å². The molecule has 1 aliphatic heterocycles. The number of thioether (sulfide) groups is 2. The van der Waals surface area contributed by atoms with Crippen LogP contribution in [-0.4, -0.2) is 31.0 Å². The van der Waals surface area contributed by atoms with Crippen LogP contribution in [0.5, 0.6) is 0 Å². The minimum Gasteiger partial charge on any atom is -0.324 e. The van der Waals surface area contributed by atoms with Gasteiger partial charge in [0.05, 0.1) is 5.69 Å². The summed E-state index contributed by atoms with van der Waals surface area (Å²) in [6.45, 7) is 0.694. The molecule has 0 saturated carbocycles. The van der Waals surface area contributed by atoms with E-state index in [9.17, 15) is 4.79 Å². The Morgan fingerprint density at radius 2 is 2.38 bits per heavy atom. The molecule has 0 fully saturated rings. The Kier molecular flexibility index (Phi) is 3.78. The molecule has 1 aliphatic rings. The van der Waals surface area contributed by atoms with Crippen LogP contribution in [0.3, 0.4) is 0 Å². The third-order valence-electron chi connectivity index (χ3n) is 2.40. The summed E-state index contributed by atoms with van der Waals surface area (Å²) in [4.78, 5) is 14.1. The lowest BCUT2D eigenvalue weighted by Gasteiger charge is -2.24. The summed E-state index contributed by atoms with van der Waals surface area (Å²) >= 11 is 3.35. The summed E-state index contributed by atoms with van der Waals surface area (Å²) in [5.41, 5.74) is 0.931. The summed E-state index contributed by atoms with van der Waals surface area (Å²) in [6, 6.07) is 6.14. The monoisotopic (exact) mass is 254 g/mol. The van der Waals surface area contributed by atoms with Gasteiger partial charge in [-0.2, -0.15) is 0 Å². The number of nitrogens with one attached hydrogen (secondary N) is 2. The molecule has 1 amide bonds. The summed E-state index contributed by atoms with van der Waals surface area (Å²) in [5, 5.41) is 5.94. The van der Waals surface area contributed by atoms with Crippen LogP contribution < -0.4 is 10.6 Å². The van der Waals surface area contributed by atoms with Gasteiger partial charge in [0.1, 0.15) is 5.25 Å². The lowest BCUT2D eigenvalue weighted by atomic mass is 10.3. The highest BCUT2D eigenvalue weighted by Crippen LogP contribution is 2.37. The number of amides is 1. The molecule has 5 heteroatoms. The summed E-state index contributed by atoms with van der Waals surface area (Å²) in [7, 11) is 1.86. The van der Waals surface area contributed by atoms with Gasteiger partial charge in [0.2, 0.25) is 5.91 Å². The fraction of sp³-hybridized carbons (Fsp3) is 0.364. The first kappa shape index (κ1) is 11.8. The van der Waals surface area contributed by atoms with Crippen molar-refractivity contribution in [3.05, 3.63) is 18.2 Å². The second kappa shape index (κ2) is 5.12. The van der Waals surface area contributed by atoms with Crippen LogP contribution in [-0.2, 0) is 4.79 Å². The number of hydrogen-bond acceptors (Lipinski definition) is 4. The van der Waals surface area contributed by atoms with E-state index in [0.717, 1.165) is 10.6 Å². The fourth-order valence-electron chi connectivity index (χ4n) is 1.57. The molecule has 1 heterocycles. The van der Waals surface area contributed by atoms with E-state index in [-0.39, 0.29) is 11.2 Å². The van der Waals surface area contributed by atoms with Crippen molar-refractivity contribution in [1.82, 2.24) is 5.32 Å². The van der Waals surface area contributed by atoms with Crippen molar-refractivity contribution in [3.8, 4) is 0 Å². The number of anilines is 1. The Morgan fingerprint density at radius 1 is 1.56 bits per heavy atom. The zero-order valence-corrected chi connectivity index (χ0v) is 10.9. The first-order valence-corrected chi connectivity index (χ1v) is 7.15. The molecular weight excluding hydrogens is 240 g/mol. The molecule has 0 bridgehead atoms. The highest BCUT2D eigenvalue weighted by molar-refractivity contribution is 8.01. The van der Waals surface area contributed by atoms with Gasteiger partial charge in [-0.15, -0.1) is 23.5 Å². The first-order valence-electron chi connectivity index (χ1n) is 5.04. The molecule has 0 spiro atoms. The van der Waals surface area contributed by atoms with Crippen molar-refractivity contribution in [3.63, 3.8) is 0 Å². The molecule has 1 unspecified atom stereocenters. The van der Waals surface area contributed by atoms with Crippen LogP contribution in [0, 0.1) is 0 Å². The van der Waals surface area contributed by atoms with E-state index >= 15 is 0 Å². The van der Waals surface area contributed by atoms with Gasteiger partial charge in [-0.05, 0) is 31.5 Å². The number of rotatable bonds is 3. The maximum absolute atomic E-state index is 11.7.